The van der Waals surface area contributed by atoms with Gasteiger partial charge in [0.15, 0.2) is 0 Å². The molecule has 3 heteroatoms. The largest absolute Gasteiger partial charge is 0.286 e. The van der Waals surface area contributed by atoms with Crippen molar-refractivity contribution < 1.29 is 0 Å². The zero-order chi connectivity index (χ0) is 13.9. The van der Waals surface area contributed by atoms with E-state index >= 15 is 0 Å². The number of benzene rings is 1. The third-order valence-corrected chi connectivity index (χ3v) is 3.14. The topological polar surface area (TPSA) is 30.7 Å². The van der Waals surface area contributed by atoms with Gasteiger partial charge in [-0.05, 0) is 29.9 Å². The van der Waals surface area contributed by atoms with Crippen molar-refractivity contribution in [2.45, 2.75) is 40.5 Å². The first-order valence-corrected chi connectivity index (χ1v) is 6.90. The lowest BCUT2D eigenvalue weighted by Crippen LogP contribution is -2.14. The number of hydrogen-bond acceptors (Lipinski definition) is 2. The summed E-state index contributed by atoms with van der Waals surface area (Å²) in [6.45, 7) is 9.14. The van der Waals surface area contributed by atoms with Crippen LogP contribution in [0.25, 0.3) is 5.69 Å². The minimum Gasteiger partial charge on any atom is -0.286 e. The van der Waals surface area contributed by atoms with Crippen molar-refractivity contribution in [3.05, 3.63) is 42.5 Å². The highest BCUT2D eigenvalue weighted by Crippen LogP contribution is 2.26. The van der Waals surface area contributed by atoms with Crippen LogP contribution in [0.3, 0.4) is 0 Å². The molecular weight excluding hydrogens is 234 g/mol. The Morgan fingerprint density at radius 3 is 2.47 bits per heavy atom. The second-order valence-electron chi connectivity index (χ2n) is 6.53. The standard InChI is InChI=1S/C16H23N3/c1-13(11-16(2,3)4)10-15-18-17-12-19(15)14-8-6-5-7-9-14/h5-9,12-13H,10-11H2,1-4H3. The van der Waals surface area contributed by atoms with Crippen molar-refractivity contribution in [2.75, 3.05) is 0 Å². The van der Waals surface area contributed by atoms with Gasteiger partial charge in [-0.2, -0.15) is 0 Å². The van der Waals surface area contributed by atoms with Gasteiger partial charge in [-0.1, -0.05) is 45.9 Å². The van der Waals surface area contributed by atoms with Gasteiger partial charge in [0.05, 0.1) is 0 Å². The smallest absolute Gasteiger partial charge is 0.137 e. The van der Waals surface area contributed by atoms with E-state index < -0.39 is 0 Å². The molecule has 3 nitrogen and oxygen atoms in total. The Hall–Kier alpha value is -1.64. The Bertz CT molecular complexity index is 508. The molecular formula is C16H23N3. The van der Waals surface area contributed by atoms with Crippen LogP contribution in [0, 0.1) is 11.3 Å². The summed E-state index contributed by atoms with van der Waals surface area (Å²) in [5.41, 5.74) is 1.49. The minimum atomic E-state index is 0.358. The van der Waals surface area contributed by atoms with E-state index in [2.05, 4.69) is 54.6 Å². The molecule has 0 spiro atoms. The Morgan fingerprint density at radius 2 is 1.84 bits per heavy atom. The lowest BCUT2D eigenvalue weighted by atomic mass is 9.84. The quantitative estimate of drug-likeness (QED) is 0.832. The lowest BCUT2D eigenvalue weighted by molar-refractivity contribution is 0.303. The van der Waals surface area contributed by atoms with Crippen molar-refractivity contribution in [3.63, 3.8) is 0 Å². The molecule has 0 saturated carbocycles. The van der Waals surface area contributed by atoms with Crippen molar-refractivity contribution in [2.24, 2.45) is 11.3 Å². The summed E-state index contributed by atoms with van der Waals surface area (Å²) in [6, 6.07) is 10.3. The molecule has 0 aliphatic heterocycles. The molecule has 0 fully saturated rings. The molecule has 0 radical (unpaired) electrons. The minimum absolute atomic E-state index is 0.358. The summed E-state index contributed by atoms with van der Waals surface area (Å²) < 4.78 is 2.08. The SMILES string of the molecule is CC(Cc1nncn1-c1ccccc1)CC(C)(C)C. The van der Waals surface area contributed by atoms with E-state index in [1.165, 1.54) is 6.42 Å². The Kier molecular flexibility index (Phi) is 4.03. The molecule has 0 aliphatic carbocycles. The number of hydrogen-bond donors (Lipinski definition) is 0. The average Bonchev–Trinajstić information content (AvgIpc) is 2.75. The summed E-state index contributed by atoms with van der Waals surface area (Å²) in [4.78, 5) is 0. The van der Waals surface area contributed by atoms with Crippen LogP contribution in [-0.2, 0) is 6.42 Å². The summed E-state index contributed by atoms with van der Waals surface area (Å²) in [7, 11) is 0. The van der Waals surface area contributed by atoms with Gasteiger partial charge in [0.1, 0.15) is 12.2 Å². The van der Waals surface area contributed by atoms with E-state index in [0.717, 1.165) is 17.9 Å². The molecule has 1 heterocycles. The van der Waals surface area contributed by atoms with Gasteiger partial charge in [0.25, 0.3) is 0 Å². The number of para-hydroxylation sites is 1. The van der Waals surface area contributed by atoms with E-state index in [-0.39, 0.29) is 0 Å². The van der Waals surface area contributed by atoms with Crippen LogP contribution < -0.4 is 0 Å². The molecule has 2 rings (SSSR count). The molecule has 0 saturated heterocycles. The predicted octanol–water partition coefficient (Wildman–Crippen LogP) is 3.88. The zero-order valence-corrected chi connectivity index (χ0v) is 12.3. The molecule has 0 N–H and O–H groups in total. The number of rotatable bonds is 4. The zero-order valence-electron chi connectivity index (χ0n) is 12.3. The van der Waals surface area contributed by atoms with Crippen molar-refractivity contribution in [3.8, 4) is 5.69 Å². The Balaban J connectivity index is 2.13. The molecule has 1 aromatic heterocycles. The van der Waals surface area contributed by atoms with Crippen molar-refractivity contribution >= 4 is 0 Å². The lowest BCUT2D eigenvalue weighted by Gasteiger charge is -2.23. The van der Waals surface area contributed by atoms with Crippen LogP contribution in [0.1, 0.15) is 39.9 Å². The fourth-order valence-electron chi connectivity index (χ4n) is 2.63. The highest BCUT2D eigenvalue weighted by molar-refractivity contribution is 5.32. The maximum atomic E-state index is 4.28. The van der Waals surface area contributed by atoms with Crippen LogP contribution in [0.5, 0.6) is 0 Å². The fraction of sp³-hybridized carbons (Fsp3) is 0.500. The maximum absolute atomic E-state index is 4.28. The van der Waals surface area contributed by atoms with E-state index in [4.69, 9.17) is 0 Å². The highest BCUT2D eigenvalue weighted by Gasteiger charge is 2.18. The third kappa shape index (κ3) is 3.91. The van der Waals surface area contributed by atoms with Crippen molar-refractivity contribution in [1.29, 1.82) is 0 Å². The molecule has 2 aromatic rings. The Morgan fingerprint density at radius 1 is 1.16 bits per heavy atom. The molecule has 1 atom stereocenters. The normalized spacial score (nSPS) is 13.5. The van der Waals surface area contributed by atoms with E-state index in [0.29, 0.717) is 11.3 Å². The summed E-state index contributed by atoms with van der Waals surface area (Å²) in [5.74, 6) is 1.65. The number of nitrogens with zero attached hydrogens (tertiary/aromatic N) is 3. The summed E-state index contributed by atoms with van der Waals surface area (Å²) >= 11 is 0. The molecule has 0 bridgehead atoms. The monoisotopic (exact) mass is 257 g/mol. The Labute approximate surface area is 115 Å². The van der Waals surface area contributed by atoms with Crippen LogP contribution in [0.15, 0.2) is 36.7 Å². The maximum Gasteiger partial charge on any atom is 0.137 e. The van der Waals surface area contributed by atoms with Crippen LogP contribution in [0.4, 0.5) is 0 Å². The third-order valence-electron chi connectivity index (χ3n) is 3.14. The van der Waals surface area contributed by atoms with Gasteiger partial charge in [0, 0.05) is 12.1 Å². The number of aromatic nitrogens is 3. The van der Waals surface area contributed by atoms with Crippen LogP contribution in [-0.4, -0.2) is 14.8 Å². The van der Waals surface area contributed by atoms with Crippen molar-refractivity contribution in [1.82, 2.24) is 14.8 Å². The summed E-state index contributed by atoms with van der Waals surface area (Å²) in [5, 5.41) is 8.34. The van der Waals surface area contributed by atoms with Crippen LogP contribution in [0.2, 0.25) is 0 Å². The second kappa shape index (κ2) is 5.55. The highest BCUT2D eigenvalue weighted by atomic mass is 15.3. The van der Waals surface area contributed by atoms with E-state index in [9.17, 15) is 0 Å². The van der Waals surface area contributed by atoms with Gasteiger partial charge in [-0.3, -0.25) is 4.57 Å². The van der Waals surface area contributed by atoms with Crippen LogP contribution >= 0.6 is 0 Å². The predicted molar refractivity (Wildman–Crippen MR) is 78.3 cm³/mol. The van der Waals surface area contributed by atoms with Gasteiger partial charge in [0.2, 0.25) is 0 Å². The van der Waals surface area contributed by atoms with Gasteiger partial charge in [-0.15, -0.1) is 10.2 Å². The van der Waals surface area contributed by atoms with Gasteiger partial charge < -0.3 is 0 Å². The van der Waals surface area contributed by atoms with E-state index in [1.54, 1.807) is 6.33 Å². The second-order valence-corrected chi connectivity index (χ2v) is 6.53. The molecule has 19 heavy (non-hydrogen) atoms. The first-order valence-electron chi connectivity index (χ1n) is 6.90. The molecule has 0 aliphatic rings. The first kappa shape index (κ1) is 13.8. The molecule has 1 unspecified atom stereocenters. The molecule has 0 amide bonds. The first-order chi connectivity index (χ1) is 8.96. The molecule has 1 aromatic carbocycles. The summed E-state index contributed by atoms with van der Waals surface area (Å²) in [6.07, 6.45) is 3.95. The average molecular weight is 257 g/mol. The fourth-order valence-corrected chi connectivity index (χ4v) is 2.63. The van der Waals surface area contributed by atoms with Gasteiger partial charge in [-0.25, -0.2) is 0 Å². The van der Waals surface area contributed by atoms with E-state index in [1.807, 2.05) is 18.2 Å². The molecule has 102 valence electrons. The van der Waals surface area contributed by atoms with Gasteiger partial charge >= 0.3 is 0 Å².